The summed E-state index contributed by atoms with van der Waals surface area (Å²) in [7, 11) is 2.90. The summed E-state index contributed by atoms with van der Waals surface area (Å²) in [6, 6.07) is 0. The lowest BCUT2D eigenvalue weighted by atomic mass is 9.82. The molecule has 0 bridgehead atoms. The predicted octanol–water partition coefficient (Wildman–Crippen LogP) is 1.30. The predicted molar refractivity (Wildman–Crippen MR) is 129 cm³/mol. The largest absolute Gasteiger partial charge is 0.469 e. The summed E-state index contributed by atoms with van der Waals surface area (Å²) in [5.41, 5.74) is 0. The third-order valence-corrected chi connectivity index (χ3v) is 7.44. The van der Waals surface area contributed by atoms with Crippen molar-refractivity contribution in [3.63, 3.8) is 0 Å². The minimum absolute atomic E-state index is 0.0733. The highest BCUT2D eigenvalue weighted by molar-refractivity contribution is 5.73. The Morgan fingerprint density at radius 2 is 1.15 bits per heavy atom. The molecule has 34 heavy (non-hydrogen) atoms. The van der Waals surface area contributed by atoms with Crippen molar-refractivity contribution in [1.29, 1.82) is 0 Å². The SMILES string of the molecule is COC(=O)C1CC(OCCN2CCCCC2)C1.COC(=O)C1CC(OCCN2CCNCC2)C1. The number of nitrogens with zero attached hydrogens (tertiary/aromatic N) is 2. The van der Waals surface area contributed by atoms with Crippen molar-refractivity contribution in [3.05, 3.63) is 0 Å². The highest BCUT2D eigenvalue weighted by Crippen LogP contribution is 2.31. The molecule has 9 nitrogen and oxygen atoms in total. The topological polar surface area (TPSA) is 89.6 Å². The first kappa shape index (κ1) is 27.3. The lowest BCUT2D eigenvalue weighted by Gasteiger charge is -2.34. The Morgan fingerprint density at radius 3 is 1.59 bits per heavy atom. The molecule has 2 aliphatic carbocycles. The Bertz CT molecular complexity index is 545. The Labute approximate surface area is 204 Å². The molecular weight excluding hydrogens is 438 g/mol. The van der Waals surface area contributed by atoms with Crippen LogP contribution in [-0.4, -0.2) is 114 Å². The van der Waals surface area contributed by atoms with E-state index in [-0.39, 0.29) is 36.0 Å². The van der Waals surface area contributed by atoms with Gasteiger partial charge in [0.15, 0.2) is 0 Å². The van der Waals surface area contributed by atoms with Crippen LogP contribution in [-0.2, 0) is 28.5 Å². The number of hydrogen-bond donors (Lipinski definition) is 1. The monoisotopic (exact) mass is 483 g/mol. The molecule has 4 aliphatic rings. The van der Waals surface area contributed by atoms with Crippen LogP contribution in [0.1, 0.15) is 44.9 Å². The zero-order chi connectivity index (χ0) is 24.2. The number of piperazine rings is 1. The number of rotatable bonds is 10. The van der Waals surface area contributed by atoms with Gasteiger partial charge >= 0.3 is 11.9 Å². The Hall–Kier alpha value is -1.26. The van der Waals surface area contributed by atoms with E-state index in [1.807, 2.05) is 0 Å². The van der Waals surface area contributed by atoms with Crippen LogP contribution < -0.4 is 5.32 Å². The molecule has 2 saturated heterocycles. The van der Waals surface area contributed by atoms with Crippen molar-refractivity contribution in [2.24, 2.45) is 11.8 Å². The van der Waals surface area contributed by atoms with Gasteiger partial charge in [0.05, 0.1) is 51.5 Å². The normalized spacial score (nSPS) is 29.7. The molecule has 9 heteroatoms. The quantitative estimate of drug-likeness (QED) is 0.462. The molecule has 2 aliphatic heterocycles. The first-order valence-electron chi connectivity index (χ1n) is 13.1. The maximum Gasteiger partial charge on any atom is 0.308 e. The fraction of sp³-hybridized carbons (Fsp3) is 0.920. The summed E-state index contributed by atoms with van der Waals surface area (Å²) in [4.78, 5) is 27.2. The van der Waals surface area contributed by atoms with E-state index in [1.54, 1.807) is 0 Å². The maximum absolute atomic E-state index is 11.2. The molecule has 1 N–H and O–H groups in total. The van der Waals surface area contributed by atoms with Gasteiger partial charge in [-0.25, -0.2) is 0 Å². The van der Waals surface area contributed by atoms with Crippen molar-refractivity contribution in [2.45, 2.75) is 57.2 Å². The highest BCUT2D eigenvalue weighted by atomic mass is 16.5. The third kappa shape index (κ3) is 9.07. The van der Waals surface area contributed by atoms with E-state index in [2.05, 4.69) is 15.1 Å². The van der Waals surface area contributed by atoms with Crippen molar-refractivity contribution in [3.8, 4) is 0 Å². The van der Waals surface area contributed by atoms with Crippen LogP contribution in [0.3, 0.4) is 0 Å². The van der Waals surface area contributed by atoms with Crippen LogP contribution in [0.4, 0.5) is 0 Å². The summed E-state index contributed by atoms with van der Waals surface area (Å²) in [6.07, 6.45) is 7.91. The van der Waals surface area contributed by atoms with Gasteiger partial charge in [-0.3, -0.25) is 14.5 Å². The van der Waals surface area contributed by atoms with Gasteiger partial charge in [0.2, 0.25) is 0 Å². The molecule has 0 aromatic heterocycles. The van der Waals surface area contributed by atoms with Gasteiger partial charge in [-0.05, 0) is 51.6 Å². The number of esters is 2. The number of carbonyl (C=O) groups is 2. The van der Waals surface area contributed by atoms with Gasteiger partial charge < -0.3 is 29.2 Å². The molecule has 0 unspecified atom stereocenters. The average Bonchev–Trinajstić information content (AvgIpc) is 2.83. The molecule has 0 aromatic rings. The van der Waals surface area contributed by atoms with Gasteiger partial charge in [0.1, 0.15) is 0 Å². The van der Waals surface area contributed by atoms with Crippen molar-refractivity contribution in [1.82, 2.24) is 15.1 Å². The van der Waals surface area contributed by atoms with Gasteiger partial charge in [-0.1, -0.05) is 6.42 Å². The van der Waals surface area contributed by atoms with Gasteiger partial charge in [0, 0.05) is 39.3 Å². The van der Waals surface area contributed by atoms with E-state index in [4.69, 9.17) is 18.9 Å². The highest BCUT2D eigenvalue weighted by Gasteiger charge is 2.36. The molecule has 0 aromatic carbocycles. The second-order valence-electron chi connectivity index (χ2n) is 9.86. The fourth-order valence-electron chi connectivity index (χ4n) is 4.94. The molecule has 0 radical (unpaired) electrons. The average molecular weight is 484 g/mol. The first-order valence-corrected chi connectivity index (χ1v) is 13.1. The summed E-state index contributed by atoms with van der Waals surface area (Å²) in [6.45, 7) is 10.4. The number of piperidine rings is 1. The van der Waals surface area contributed by atoms with Crippen LogP contribution in [0.2, 0.25) is 0 Å². The number of carbonyl (C=O) groups excluding carboxylic acids is 2. The second-order valence-corrected chi connectivity index (χ2v) is 9.86. The van der Waals surface area contributed by atoms with Gasteiger partial charge in [0.25, 0.3) is 0 Å². The van der Waals surface area contributed by atoms with Gasteiger partial charge in [-0.15, -0.1) is 0 Å². The summed E-state index contributed by atoms with van der Waals surface area (Å²) >= 11 is 0. The van der Waals surface area contributed by atoms with Crippen LogP contribution in [0.15, 0.2) is 0 Å². The summed E-state index contributed by atoms with van der Waals surface area (Å²) in [5.74, 6) is -0.0167. The molecule has 2 saturated carbocycles. The Kier molecular flexibility index (Phi) is 12.0. The Balaban J connectivity index is 0.000000191. The second kappa shape index (κ2) is 15.0. The molecule has 0 spiro atoms. The molecule has 0 atom stereocenters. The molecule has 4 rings (SSSR count). The first-order chi connectivity index (χ1) is 16.6. The fourth-order valence-corrected chi connectivity index (χ4v) is 4.94. The van der Waals surface area contributed by atoms with Crippen molar-refractivity contribution in [2.75, 3.05) is 79.8 Å². The number of ether oxygens (including phenoxy) is 4. The lowest BCUT2D eigenvalue weighted by molar-refractivity contribution is -0.155. The maximum atomic E-state index is 11.2. The van der Waals surface area contributed by atoms with E-state index in [1.165, 1.54) is 46.6 Å². The lowest BCUT2D eigenvalue weighted by Crippen LogP contribution is -2.45. The Morgan fingerprint density at radius 1 is 0.706 bits per heavy atom. The standard InChI is InChI=1S/C13H23NO3.C12H22N2O3/c1-16-13(15)11-9-12(10-11)17-8-7-14-5-3-2-4-6-14;1-16-12(15)10-8-11(9-10)17-7-6-14-4-2-13-3-5-14/h11-12H,2-10H2,1H3;10-11,13H,2-9H2,1H3. The van der Waals surface area contributed by atoms with E-state index in [0.717, 1.165) is 78.2 Å². The van der Waals surface area contributed by atoms with E-state index in [0.29, 0.717) is 0 Å². The van der Waals surface area contributed by atoms with Crippen LogP contribution in [0.5, 0.6) is 0 Å². The van der Waals surface area contributed by atoms with E-state index in [9.17, 15) is 9.59 Å². The van der Waals surface area contributed by atoms with E-state index < -0.39 is 0 Å². The van der Waals surface area contributed by atoms with E-state index >= 15 is 0 Å². The number of nitrogens with one attached hydrogen (secondary N) is 1. The molecule has 2 heterocycles. The van der Waals surface area contributed by atoms with Crippen molar-refractivity contribution >= 4 is 11.9 Å². The number of likely N-dealkylation sites (tertiary alicyclic amines) is 1. The zero-order valence-electron chi connectivity index (χ0n) is 21.2. The van der Waals surface area contributed by atoms with Crippen LogP contribution >= 0.6 is 0 Å². The van der Waals surface area contributed by atoms with Crippen LogP contribution in [0, 0.1) is 11.8 Å². The smallest absolute Gasteiger partial charge is 0.308 e. The number of methoxy groups -OCH3 is 2. The van der Waals surface area contributed by atoms with Crippen LogP contribution in [0.25, 0.3) is 0 Å². The molecular formula is C25H45N3O6. The summed E-state index contributed by atoms with van der Waals surface area (Å²) in [5, 5.41) is 3.33. The van der Waals surface area contributed by atoms with Gasteiger partial charge in [-0.2, -0.15) is 0 Å². The summed E-state index contributed by atoms with van der Waals surface area (Å²) < 4.78 is 20.9. The van der Waals surface area contributed by atoms with Crippen molar-refractivity contribution < 1.29 is 28.5 Å². The zero-order valence-corrected chi connectivity index (χ0v) is 21.2. The minimum atomic E-state index is -0.0908. The molecule has 0 amide bonds. The third-order valence-electron chi connectivity index (χ3n) is 7.44. The number of hydrogen-bond acceptors (Lipinski definition) is 9. The molecule has 4 fully saturated rings. The molecule has 196 valence electrons. The minimum Gasteiger partial charge on any atom is -0.469 e.